The van der Waals surface area contributed by atoms with Crippen molar-refractivity contribution < 1.29 is 14.6 Å². The van der Waals surface area contributed by atoms with Crippen molar-refractivity contribution in [1.29, 1.82) is 0 Å². The first kappa shape index (κ1) is 16.9. The number of aliphatic carboxylic acids is 1. The number of nitrogens with zero attached hydrogens (tertiary/aromatic N) is 1. The molecule has 0 radical (unpaired) electrons. The number of para-hydroxylation sites is 1. The Balaban J connectivity index is 1.54. The van der Waals surface area contributed by atoms with E-state index in [1.54, 1.807) is 0 Å². The summed E-state index contributed by atoms with van der Waals surface area (Å²) in [7, 11) is 0. The van der Waals surface area contributed by atoms with Crippen molar-refractivity contribution in [2.24, 2.45) is 11.8 Å². The summed E-state index contributed by atoms with van der Waals surface area (Å²) in [6, 6.07) is 13.7. The predicted octanol–water partition coefficient (Wildman–Crippen LogP) is 5.09. The molecule has 0 aromatic heterocycles. The van der Waals surface area contributed by atoms with Gasteiger partial charge in [0.2, 0.25) is 0 Å². The SMILES string of the molecule is O=C(O)[C@H]1[C@@H]2CC=C[C@H]2c2cc(Oc3ccccc3)cc3c2N1C[C@H]1CC=C[C@H]31. The largest absolute Gasteiger partial charge is 0.480 e. The van der Waals surface area contributed by atoms with Crippen molar-refractivity contribution in [1.82, 2.24) is 0 Å². The van der Waals surface area contributed by atoms with Gasteiger partial charge >= 0.3 is 5.97 Å². The third-order valence-corrected chi connectivity index (χ3v) is 7.06. The molecule has 2 aromatic rings. The molecule has 0 saturated carbocycles. The Morgan fingerprint density at radius 2 is 1.69 bits per heavy atom. The van der Waals surface area contributed by atoms with Crippen LogP contribution in [0.15, 0.2) is 66.8 Å². The van der Waals surface area contributed by atoms with Gasteiger partial charge in [-0.3, -0.25) is 0 Å². The van der Waals surface area contributed by atoms with Crippen molar-refractivity contribution >= 4 is 11.7 Å². The molecule has 4 aliphatic rings. The van der Waals surface area contributed by atoms with E-state index in [0.29, 0.717) is 11.8 Å². The number of ether oxygens (including phenoxy) is 1. The Bertz CT molecular complexity index is 1020. The molecule has 5 atom stereocenters. The fourth-order valence-corrected chi connectivity index (χ4v) is 5.90. The predicted molar refractivity (Wildman–Crippen MR) is 112 cm³/mol. The van der Waals surface area contributed by atoms with E-state index in [4.69, 9.17) is 4.74 Å². The highest BCUT2D eigenvalue weighted by atomic mass is 16.5. The van der Waals surface area contributed by atoms with Crippen LogP contribution >= 0.6 is 0 Å². The zero-order chi connectivity index (χ0) is 19.5. The summed E-state index contributed by atoms with van der Waals surface area (Å²) in [5.74, 6) is 1.98. The number of allylic oxidation sites excluding steroid dienone is 4. The molecule has 4 nitrogen and oxygen atoms in total. The normalized spacial score (nSPS) is 30.6. The summed E-state index contributed by atoms with van der Waals surface area (Å²) in [5, 5.41) is 10.1. The van der Waals surface area contributed by atoms with Crippen molar-refractivity contribution in [2.45, 2.75) is 30.7 Å². The van der Waals surface area contributed by atoms with Crippen LogP contribution in [0.5, 0.6) is 11.5 Å². The lowest BCUT2D eigenvalue weighted by Gasteiger charge is -2.49. The van der Waals surface area contributed by atoms with Gasteiger partial charge in [0.1, 0.15) is 17.5 Å². The molecule has 0 saturated heterocycles. The van der Waals surface area contributed by atoms with Crippen molar-refractivity contribution in [3.8, 4) is 11.5 Å². The highest BCUT2D eigenvalue weighted by Gasteiger charge is 2.50. The maximum absolute atomic E-state index is 12.3. The summed E-state index contributed by atoms with van der Waals surface area (Å²) < 4.78 is 6.23. The number of hydrogen-bond donors (Lipinski definition) is 1. The van der Waals surface area contributed by atoms with E-state index in [1.165, 1.54) is 11.1 Å². The minimum absolute atomic E-state index is 0.0886. The molecular weight excluding hydrogens is 362 g/mol. The highest BCUT2D eigenvalue weighted by Crippen LogP contribution is 2.56. The molecule has 29 heavy (non-hydrogen) atoms. The van der Waals surface area contributed by atoms with E-state index in [1.807, 2.05) is 30.3 Å². The second-order valence-corrected chi connectivity index (χ2v) is 8.60. The van der Waals surface area contributed by atoms with Crippen LogP contribution in [-0.4, -0.2) is 23.7 Å². The minimum atomic E-state index is -0.700. The average molecular weight is 385 g/mol. The van der Waals surface area contributed by atoms with Crippen molar-refractivity contribution in [3.63, 3.8) is 0 Å². The first-order valence-corrected chi connectivity index (χ1v) is 10.4. The number of carbonyl (C=O) groups is 1. The number of fused-ring (bicyclic) bond motifs is 4. The number of rotatable bonds is 3. The first-order chi connectivity index (χ1) is 14.2. The molecule has 0 spiro atoms. The molecule has 1 N–H and O–H groups in total. The Kier molecular flexibility index (Phi) is 3.64. The Morgan fingerprint density at radius 3 is 2.48 bits per heavy atom. The van der Waals surface area contributed by atoms with Crippen LogP contribution in [0.4, 0.5) is 5.69 Å². The smallest absolute Gasteiger partial charge is 0.326 e. The number of hydrogen-bond acceptors (Lipinski definition) is 3. The third-order valence-electron chi connectivity index (χ3n) is 7.06. The second-order valence-electron chi connectivity index (χ2n) is 8.60. The topological polar surface area (TPSA) is 49.8 Å². The summed E-state index contributed by atoms with van der Waals surface area (Å²) >= 11 is 0. The van der Waals surface area contributed by atoms with Gasteiger partial charge in [0.25, 0.3) is 0 Å². The highest BCUT2D eigenvalue weighted by molar-refractivity contribution is 5.84. The Hall–Kier alpha value is -3.01. The molecule has 0 bridgehead atoms. The molecular formula is C25H23NO3. The Labute approximate surface area is 170 Å². The van der Waals surface area contributed by atoms with Crippen LogP contribution < -0.4 is 9.64 Å². The molecule has 2 aromatic carbocycles. The van der Waals surface area contributed by atoms with Gasteiger partial charge in [0.15, 0.2) is 0 Å². The molecule has 4 heteroatoms. The van der Waals surface area contributed by atoms with Gasteiger partial charge in [0.05, 0.1) is 0 Å². The fourth-order valence-electron chi connectivity index (χ4n) is 5.90. The number of anilines is 1. The summed E-state index contributed by atoms with van der Waals surface area (Å²) in [6.45, 7) is 0.816. The van der Waals surface area contributed by atoms with Gasteiger partial charge in [-0.2, -0.15) is 0 Å². The molecule has 2 aliphatic carbocycles. The number of carboxylic acids is 1. The zero-order valence-electron chi connectivity index (χ0n) is 16.1. The maximum Gasteiger partial charge on any atom is 0.326 e. The lowest BCUT2D eigenvalue weighted by atomic mass is 9.72. The monoisotopic (exact) mass is 385 g/mol. The fraction of sp³-hybridized carbons (Fsp3) is 0.320. The molecule has 146 valence electrons. The summed E-state index contributed by atoms with van der Waals surface area (Å²) in [6.07, 6.45) is 10.7. The van der Waals surface area contributed by atoms with E-state index in [0.717, 1.165) is 36.6 Å². The number of carboxylic acid groups (broad SMARTS) is 1. The average Bonchev–Trinajstić information content (AvgIpc) is 3.38. The van der Waals surface area contributed by atoms with Crippen LogP contribution in [0.3, 0.4) is 0 Å². The molecule has 2 aliphatic heterocycles. The van der Waals surface area contributed by atoms with Crippen molar-refractivity contribution in [3.05, 3.63) is 77.9 Å². The zero-order valence-corrected chi connectivity index (χ0v) is 16.1. The van der Waals surface area contributed by atoms with Crippen LogP contribution in [0.1, 0.15) is 35.8 Å². The lowest BCUT2D eigenvalue weighted by Crippen LogP contribution is -2.54. The van der Waals surface area contributed by atoms with E-state index in [9.17, 15) is 9.90 Å². The Morgan fingerprint density at radius 1 is 0.966 bits per heavy atom. The molecule has 0 unspecified atom stereocenters. The van der Waals surface area contributed by atoms with E-state index in [-0.39, 0.29) is 11.8 Å². The van der Waals surface area contributed by atoms with Crippen LogP contribution in [0.25, 0.3) is 0 Å². The third kappa shape index (κ3) is 2.48. The van der Waals surface area contributed by atoms with Gasteiger partial charge in [-0.05, 0) is 54.2 Å². The van der Waals surface area contributed by atoms with Crippen molar-refractivity contribution in [2.75, 3.05) is 11.4 Å². The second kappa shape index (κ2) is 6.24. The molecule has 0 fully saturated rings. The molecule has 0 amide bonds. The van der Waals surface area contributed by atoms with Gasteiger partial charge < -0.3 is 14.7 Å². The van der Waals surface area contributed by atoms with Crippen LogP contribution in [0.2, 0.25) is 0 Å². The van der Waals surface area contributed by atoms with Gasteiger partial charge in [-0.1, -0.05) is 42.5 Å². The van der Waals surface area contributed by atoms with Crippen LogP contribution in [-0.2, 0) is 4.79 Å². The minimum Gasteiger partial charge on any atom is -0.480 e. The number of benzene rings is 2. The first-order valence-electron chi connectivity index (χ1n) is 10.4. The van der Waals surface area contributed by atoms with E-state index < -0.39 is 12.0 Å². The van der Waals surface area contributed by atoms with E-state index in [2.05, 4.69) is 41.3 Å². The van der Waals surface area contributed by atoms with Gasteiger partial charge in [-0.25, -0.2) is 4.79 Å². The summed E-state index contributed by atoms with van der Waals surface area (Å²) in [5.41, 5.74) is 3.59. The molecule has 2 heterocycles. The van der Waals surface area contributed by atoms with Gasteiger partial charge in [0, 0.05) is 30.0 Å². The van der Waals surface area contributed by atoms with Gasteiger partial charge in [-0.15, -0.1) is 0 Å². The standard InChI is InChI=1S/C25H23NO3/c27-25(28)24-20-11-5-10-19(20)22-13-17(29-16-7-2-1-3-8-16)12-21-18-9-4-6-15(18)14-26(24)23(21)22/h1-5,7-10,12-13,15,18-20,24H,6,11,14H2,(H,27,28)/t15-,18+,19-,20-,24-/m1/s1. The van der Waals surface area contributed by atoms with E-state index >= 15 is 0 Å². The molecule has 6 rings (SSSR count). The summed E-state index contributed by atoms with van der Waals surface area (Å²) in [4.78, 5) is 14.5. The quantitative estimate of drug-likeness (QED) is 0.748. The lowest BCUT2D eigenvalue weighted by molar-refractivity contribution is -0.140. The maximum atomic E-state index is 12.3. The van der Waals surface area contributed by atoms with Crippen LogP contribution in [0, 0.1) is 11.8 Å².